The Morgan fingerprint density at radius 3 is 2.61 bits per heavy atom. The number of unbranched alkanes of at least 4 members (excludes halogenated alkanes) is 1. The highest BCUT2D eigenvalue weighted by Crippen LogP contribution is 2.25. The number of benzene rings is 1. The minimum atomic E-state index is -3.74. The minimum absolute atomic E-state index is 0.0427. The van der Waals surface area contributed by atoms with Crippen LogP contribution >= 0.6 is 15.9 Å². The van der Waals surface area contributed by atoms with Crippen LogP contribution in [0.15, 0.2) is 27.6 Å². The fraction of sp³-hybridized carbons (Fsp3) is 0.471. The molecule has 154 valence electrons. The predicted octanol–water partition coefficient (Wildman–Crippen LogP) is 1.67. The van der Waals surface area contributed by atoms with E-state index in [1.807, 2.05) is 12.2 Å². The maximum atomic E-state index is 12.3. The molecule has 0 bridgehead atoms. The summed E-state index contributed by atoms with van der Waals surface area (Å²) < 4.78 is 32.3. The van der Waals surface area contributed by atoms with Gasteiger partial charge in [-0.3, -0.25) is 10.1 Å². The van der Waals surface area contributed by atoms with E-state index in [1.165, 1.54) is 18.2 Å². The second-order valence-corrected chi connectivity index (χ2v) is 8.84. The predicted molar refractivity (Wildman–Crippen MR) is 104 cm³/mol. The minimum Gasteiger partial charge on any atom is -0.452 e. The molecule has 2 rings (SSSR count). The zero-order chi connectivity index (χ0) is 20.7. The lowest BCUT2D eigenvalue weighted by molar-refractivity contribution is -0.123. The van der Waals surface area contributed by atoms with Gasteiger partial charge in [0.15, 0.2) is 6.61 Å². The molecule has 1 fully saturated rings. The second kappa shape index (κ2) is 9.99. The standard InChI is InChI=1S/C17H22BrN3O6S/c1-2-3-8-19-17(24)20-15(22)10-27-16(23)13-9-12(6-7-14(13)18)28(25,26)21-11-4-5-11/h6-7,9,11,21H,2-5,8,10H2,1H3,(H2,19,20,22,24). The summed E-state index contributed by atoms with van der Waals surface area (Å²) in [4.78, 5) is 35.3. The molecule has 1 aromatic carbocycles. The van der Waals surface area contributed by atoms with Crippen molar-refractivity contribution in [2.24, 2.45) is 0 Å². The van der Waals surface area contributed by atoms with Crippen LogP contribution in [0, 0.1) is 0 Å². The summed E-state index contributed by atoms with van der Waals surface area (Å²) in [5.74, 6) is -1.69. The Labute approximate surface area is 171 Å². The molecule has 1 aromatic rings. The number of sulfonamides is 1. The smallest absolute Gasteiger partial charge is 0.339 e. The highest BCUT2D eigenvalue weighted by molar-refractivity contribution is 9.10. The number of esters is 1. The third-order valence-electron chi connectivity index (χ3n) is 3.77. The molecule has 3 amide bonds. The van der Waals surface area contributed by atoms with Gasteiger partial charge in [-0.2, -0.15) is 0 Å². The monoisotopic (exact) mass is 475 g/mol. The van der Waals surface area contributed by atoms with Gasteiger partial charge in [-0.25, -0.2) is 22.7 Å². The lowest BCUT2D eigenvalue weighted by Gasteiger charge is -2.10. The quantitative estimate of drug-likeness (QED) is 0.367. The topological polar surface area (TPSA) is 131 Å². The summed E-state index contributed by atoms with van der Waals surface area (Å²) in [6, 6.07) is 3.20. The van der Waals surface area contributed by atoms with Gasteiger partial charge >= 0.3 is 12.0 Å². The maximum Gasteiger partial charge on any atom is 0.339 e. The maximum absolute atomic E-state index is 12.3. The zero-order valence-electron chi connectivity index (χ0n) is 15.3. The van der Waals surface area contributed by atoms with E-state index in [0.717, 1.165) is 25.7 Å². The second-order valence-electron chi connectivity index (χ2n) is 6.27. The SMILES string of the molecule is CCCCNC(=O)NC(=O)COC(=O)c1cc(S(=O)(=O)NC2CC2)ccc1Br. The molecule has 0 aromatic heterocycles. The third-order valence-corrected chi connectivity index (χ3v) is 5.98. The zero-order valence-corrected chi connectivity index (χ0v) is 17.7. The molecule has 0 saturated heterocycles. The molecule has 0 heterocycles. The van der Waals surface area contributed by atoms with Crippen LogP contribution in [0.5, 0.6) is 0 Å². The van der Waals surface area contributed by atoms with Gasteiger partial charge in [-0.05, 0) is 53.4 Å². The van der Waals surface area contributed by atoms with E-state index in [-0.39, 0.29) is 16.5 Å². The first-order valence-electron chi connectivity index (χ1n) is 8.79. The van der Waals surface area contributed by atoms with Crippen LogP contribution in [0.1, 0.15) is 43.0 Å². The van der Waals surface area contributed by atoms with Gasteiger partial charge < -0.3 is 10.1 Å². The fourth-order valence-corrected chi connectivity index (χ4v) is 3.85. The molecule has 0 aliphatic heterocycles. The van der Waals surface area contributed by atoms with Gasteiger partial charge in [0.25, 0.3) is 5.91 Å². The number of halogens is 1. The van der Waals surface area contributed by atoms with Gasteiger partial charge in [-0.1, -0.05) is 13.3 Å². The molecule has 0 atom stereocenters. The average molecular weight is 476 g/mol. The lowest BCUT2D eigenvalue weighted by atomic mass is 10.2. The van der Waals surface area contributed by atoms with Crippen LogP contribution in [-0.4, -0.2) is 45.5 Å². The molecule has 11 heteroatoms. The van der Waals surface area contributed by atoms with Crippen LogP contribution in [0.3, 0.4) is 0 Å². The Hall–Kier alpha value is -1.98. The van der Waals surface area contributed by atoms with E-state index in [2.05, 4.69) is 26.0 Å². The molecule has 3 N–H and O–H groups in total. The van der Waals surface area contributed by atoms with Gasteiger partial charge in [0, 0.05) is 17.1 Å². The van der Waals surface area contributed by atoms with Crippen LogP contribution in [-0.2, 0) is 19.6 Å². The molecule has 0 spiro atoms. The molecule has 1 aliphatic carbocycles. The largest absolute Gasteiger partial charge is 0.452 e. The van der Waals surface area contributed by atoms with Crippen molar-refractivity contribution in [2.45, 2.75) is 43.5 Å². The molecule has 9 nitrogen and oxygen atoms in total. The highest BCUT2D eigenvalue weighted by atomic mass is 79.9. The van der Waals surface area contributed by atoms with Crippen LogP contribution in [0.4, 0.5) is 4.79 Å². The molecule has 1 aliphatic rings. The number of urea groups is 1. The fourth-order valence-electron chi connectivity index (χ4n) is 2.11. The number of carbonyl (C=O) groups is 3. The van der Waals surface area contributed by atoms with Crippen molar-refractivity contribution in [3.63, 3.8) is 0 Å². The number of hydrogen-bond acceptors (Lipinski definition) is 6. The van der Waals surface area contributed by atoms with Crippen molar-refractivity contribution in [1.82, 2.24) is 15.4 Å². The first-order chi connectivity index (χ1) is 13.2. The summed E-state index contributed by atoms with van der Waals surface area (Å²) in [7, 11) is -3.74. The molecule has 0 radical (unpaired) electrons. The van der Waals surface area contributed by atoms with Gasteiger partial charge in [0.05, 0.1) is 10.5 Å². The number of hydrogen-bond donors (Lipinski definition) is 3. The lowest BCUT2D eigenvalue weighted by Crippen LogP contribution is -2.41. The molecule has 1 saturated carbocycles. The summed E-state index contributed by atoms with van der Waals surface area (Å²) in [5.41, 5.74) is -0.0427. The van der Waals surface area contributed by atoms with Crippen LogP contribution < -0.4 is 15.4 Å². The number of amides is 3. The molecular weight excluding hydrogens is 454 g/mol. The summed E-state index contributed by atoms with van der Waals surface area (Å²) >= 11 is 3.16. The number of nitrogens with one attached hydrogen (secondary N) is 3. The molecular formula is C17H22BrN3O6S. The van der Waals surface area contributed by atoms with E-state index in [9.17, 15) is 22.8 Å². The average Bonchev–Trinajstić information content (AvgIpc) is 3.43. The Morgan fingerprint density at radius 1 is 1.25 bits per heavy atom. The number of imide groups is 1. The summed E-state index contributed by atoms with van der Waals surface area (Å²) in [5, 5.41) is 4.54. The van der Waals surface area contributed by atoms with Crippen LogP contribution in [0.25, 0.3) is 0 Å². The number of rotatable bonds is 9. The Bertz CT molecular complexity index is 854. The Morgan fingerprint density at radius 2 is 1.96 bits per heavy atom. The van der Waals surface area contributed by atoms with E-state index in [0.29, 0.717) is 11.0 Å². The molecule has 28 heavy (non-hydrogen) atoms. The van der Waals surface area contributed by atoms with Crippen molar-refractivity contribution < 1.29 is 27.5 Å². The molecule has 0 unspecified atom stereocenters. The normalized spacial score (nSPS) is 13.6. The first-order valence-corrected chi connectivity index (χ1v) is 11.1. The van der Waals surface area contributed by atoms with Crippen molar-refractivity contribution in [1.29, 1.82) is 0 Å². The van der Waals surface area contributed by atoms with E-state index < -0.39 is 34.5 Å². The van der Waals surface area contributed by atoms with Crippen molar-refractivity contribution >= 4 is 43.9 Å². The highest BCUT2D eigenvalue weighted by Gasteiger charge is 2.29. The van der Waals surface area contributed by atoms with Crippen molar-refractivity contribution in [3.8, 4) is 0 Å². The van der Waals surface area contributed by atoms with Crippen molar-refractivity contribution in [3.05, 3.63) is 28.2 Å². The number of carbonyl (C=O) groups excluding carboxylic acids is 3. The van der Waals surface area contributed by atoms with Crippen molar-refractivity contribution in [2.75, 3.05) is 13.2 Å². The first kappa shape index (κ1) is 22.3. The summed E-state index contributed by atoms with van der Waals surface area (Å²) in [6.07, 6.45) is 3.24. The Kier molecular flexibility index (Phi) is 7.96. The van der Waals surface area contributed by atoms with E-state index in [4.69, 9.17) is 4.74 Å². The number of ether oxygens (including phenoxy) is 1. The Balaban J connectivity index is 1.93. The van der Waals surface area contributed by atoms with Gasteiger partial charge in [0.1, 0.15) is 0 Å². The third kappa shape index (κ3) is 6.88. The van der Waals surface area contributed by atoms with Crippen LogP contribution in [0.2, 0.25) is 0 Å². The van der Waals surface area contributed by atoms with Gasteiger partial charge in [0.2, 0.25) is 10.0 Å². The van der Waals surface area contributed by atoms with E-state index in [1.54, 1.807) is 0 Å². The van der Waals surface area contributed by atoms with E-state index >= 15 is 0 Å². The summed E-state index contributed by atoms with van der Waals surface area (Å²) in [6.45, 7) is 1.72. The van der Waals surface area contributed by atoms with Gasteiger partial charge in [-0.15, -0.1) is 0 Å².